The number of hydrogen-bond donors (Lipinski definition) is 3. The number of nitrogens with one attached hydrogen (secondary N) is 3. The van der Waals surface area contributed by atoms with E-state index in [2.05, 4.69) is 31.1 Å². The molecule has 3 N–H and O–H groups in total. The second-order valence-corrected chi connectivity index (χ2v) is 10.1. The number of aromatic amines is 1. The molecular formula is C23H31FN3O3+. The molecule has 2 fully saturated rings. The lowest BCUT2D eigenvalue weighted by atomic mass is 9.65. The van der Waals surface area contributed by atoms with E-state index >= 15 is 0 Å². The van der Waals surface area contributed by atoms with Crippen molar-refractivity contribution >= 4 is 28.5 Å². The number of carbonyl (C=O) groups excluding carboxylic acids is 2. The minimum absolute atomic E-state index is 0.147. The second-order valence-electron chi connectivity index (χ2n) is 10.1. The number of halogens is 1. The van der Waals surface area contributed by atoms with Gasteiger partial charge >= 0.3 is 5.97 Å². The molecule has 6 nitrogen and oxygen atoms in total. The van der Waals surface area contributed by atoms with Crippen LogP contribution < -0.4 is 10.2 Å². The topological polar surface area (TPSA) is 75.6 Å². The summed E-state index contributed by atoms with van der Waals surface area (Å²) in [6.07, 6.45) is 3.43. The van der Waals surface area contributed by atoms with E-state index in [1.807, 2.05) is 0 Å². The molecule has 2 bridgehead atoms. The number of rotatable bonds is 5. The van der Waals surface area contributed by atoms with Crippen molar-refractivity contribution in [1.82, 2.24) is 4.98 Å². The number of amides is 1. The smallest absolute Gasteiger partial charge is 0.356 e. The van der Waals surface area contributed by atoms with E-state index in [0.717, 1.165) is 19.4 Å². The first-order valence-corrected chi connectivity index (χ1v) is 10.7. The quantitative estimate of drug-likeness (QED) is 0.656. The minimum atomic E-state index is -0.567. The van der Waals surface area contributed by atoms with Crippen LogP contribution in [0.4, 0.5) is 10.1 Å². The van der Waals surface area contributed by atoms with Gasteiger partial charge in [-0.25, -0.2) is 9.18 Å². The lowest BCUT2D eigenvalue weighted by Crippen LogP contribution is -3.15. The molecule has 0 radical (unpaired) electrons. The molecule has 1 aliphatic carbocycles. The number of carbonyl (C=O) groups is 2. The van der Waals surface area contributed by atoms with E-state index in [1.165, 1.54) is 23.5 Å². The van der Waals surface area contributed by atoms with Crippen molar-refractivity contribution in [1.29, 1.82) is 0 Å². The van der Waals surface area contributed by atoms with Crippen LogP contribution >= 0.6 is 0 Å². The molecule has 1 aromatic heterocycles. The highest BCUT2D eigenvalue weighted by Gasteiger charge is 2.53. The summed E-state index contributed by atoms with van der Waals surface area (Å²) in [5.41, 5.74) is 1.58. The summed E-state index contributed by atoms with van der Waals surface area (Å²) in [4.78, 5) is 29.7. The highest BCUT2D eigenvalue weighted by Crippen LogP contribution is 2.47. The number of fused-ring (bicyclic) bond motifs is 3. The molecule has 0 spiro atoms. The van der Waals surface area contributed by atoms with Crippen LogP contribution in [0.2, 0.25) is 0 Å². The van der Waals surface area contributed by atoms with Gasteiger partial charge in [0.25, 0.3) is 5.91 Å². The van der Waals surface area contributed by atoms with Crippen molar-refractivity contribution < 1.29 is 23.6 Å². The van der Waals surface area contributed by atoms with Gasteiger partial charge in [0.2, 0.25) is 0 Å². The van der Waals surface area contributed by atoms with Crippen molar-refractivity contribution in [3.05, 3.63) is 29.7 Å². The van der Waals surface area contributed by atoms with Gasteiger partial charge in [-0.3, -0.25) is 4.79 Å². The molecule has 1 aliphatic heterocycles. The van der Waals surface area contributed by atoms with Crippen molar-refractivity contribution in [2.75, 3.05) is 25.0 Å². The molecule has 7 heteroatoms. The summed E-state index contributed by atoms with van der Waals surface area (Å²) in [5, 5.41) is 3.35. The molecule has 1 saturated heterocycles. The van der Waals surface area contributed by atoms with Crippen molar-refractivity contribution in [2.24, 2.45) is 10.8 Å². The molecule has 1 aromatic carbocycles. The number of H-pyrrole nitrogens is 1. The van der Waals surface area contributed by atoms with Crippen molar-refractivity contribution in [2.45, 2.75) is 53.0 Å². The van der Waals surface area contributed by atoms with Crippen LogP contribution in [-0.2, 0) is 9.53 Å². The summed E-state index contributed by atoms with van der Waals surface area (Å²) >= 11 is 0. The Labute approximate surface area is 176 Å². The van der Waals surface area contributed by atoms with Gasteiger partial charge < -0.3 is 19.9 Å². The standard InChI is InChI=1S/C23H30FN3O3/c1-5-30-21(29)20-19(16-8-14(24)6-7-17(16)25-20)26-18(28)11-27-13-23(4)10-15(27)9-22(2,3)12-23/h6-8,15,25H,5,9-13H2,1-4H3,(H,26,28)/p+1/t15-,23-/m1/s1. The Kier molecular flexibility index (Phi) is 5.12. The number of aromatic nitrogens is 1. The number of anilines is 1. The fourth-order valence-corrected chi connectivity index (χ4v) is 6.00. The molecule has 2 heterocycles. The summed E-state index contributed by atoms with van der Waals surface area (Å²) in [6, 6.07) is 4.66. The van der Waals surface area contributed by atoms with Crippen molar-refractivity contribution in [3.63, 3.8) is 0 Å². The van der Waals surface area contributed by atoms with Crippen LogP contribution in [0.3, 0.4) is 0 Å². The molecular weight excluding hydrogens is 385 g/mol. The summed E-state index contributed by atoms with van der Waals surface area (Å²) < 4.78 is 19.0. The third kappa shape index (κ3) is 3.95. The number of likely N-dealkylation sites (tertiary alicyclic amines) is 1. The van der Waals surface area contributed by atoms with Gasteiger partial charge in [-0.15, -0.1) is 0 Å². The number of esters is 1. The fourth-order valence-electron chi connectivity index (χ4n) is 6.00. The highest BCUT2D eigenvalue weighted by atomic mass is 19.1. The predicted octanol–water partition coefficient (Wildman–Crippen LogP) is 2.91. The zero-order valence-corrected chi connectivity index (χ0v) is 18.2. The number of ether oxygens (including phenoxy) is 1. The number of hydrogen-bond acceptors (Lipinski definition) is 3. The molecule has 2 aliphatic rings. The second kappa shape index (κ2) is 7.38. The Morgan fingerprint density at radius 1 is 1.30 bits per heavy atom. The Hall–Kier alpha value is -2.41. The summed E-state index contributed by atoms with van der Waals surface area (Å²) in [7, 11) is 0. The van der Waals surface area contributed by atoms with E-state index in [-0.39, 0.29) is 23.6 Å². The van der Waals surface area contributed by atoms with E-state index < -0.39 is 11.8 Å². The van der Waals surface area contributed by atoms with Gasteiger partial charge in [0, 0.05) is 29.2 Å². The Bertz CT molecular complexity index is 999. The van der Waals surface area contributed by atoms with Crippen LogP contribution in [0.5, 0.6) is 0 Å². The SMILES string of the molecule is CCOC(=O)c1[nH]c2ccc(F)cc2c1NC(=O)C[NH+]1C[C@]2(C)C[C@H]1CC(C)(C)C2. The first kappa shape index (κ1) is 20.8. The van der Waals surface area contributed by atoms with E-state index in [9.17, 15) is 14.0 Å². The lowest BCUT2D eigenvalue weighted by Gasteiger charge is -2.37. The molecule has 2 aromatic rings. The molecule has 1 saturated carbocycles. The van der Waals surface area contributed by atoms with E-state index in [4.69, 9.17) is 4.74 Å². The maximum atomic E-state index is 13.9. The lowest BCUT2D eigenvalue weighted by molar-refractivity contribution is -0.906. The van der Waals surface area contributed by atoms with Crippen molar-refractivity contribution in [3.8, 4) is 0 Å². The summed E-state index contributed by atoms with van der Waals surface area (Å²) in [6.45, 7) is 10.2. The average molecular weight is 417 g/mol. The van der Waals surface area contributed by atoms with Gasteiger partial charge in [0.1, 0.15) is 11.5 Å². The van der Waals surface area contributed by atoms with Gasteiger partial charge in [0.05, 0.1) is 24.9 Å². The Balaban J connectivity index is 1.57. The average Bonchev–Trinajstić information content (AvgIpc) is 3.08. The molecule has 1 unspecified atom stereocenters. The highest BCUT2D eigenvalue weighted by molar-refractivity contribution is 6.11. The van der Waals surface area contributed by atoms with Crippen LogP contribution in [-0.4, -0.2) is 42.6 Å². The van der Waals surface area contributed by atoms with Crippen LogP contribution in [0, 0.1) is 16.6 Å². The van der Waals surface area contributed by atoms with E-state index in [1.54, 1.807) is 13.0 Å². The maximum Gasteiger partial charge on any atom is 0.356 e. The Morgan fingerprint density at radius 2 is 2.07 bits per heavy atom. The number of quaternary nitrogens is 1. The fraction of sp³-hybridized carbons (Fsp3) is 0.565. The molecule has 3 atom stereocenters. The van der Waals surface area contributed by atoms with Crippen LogP contribution in [0.1, 0.15) is 57.4 Å². The number of benzene rings is 1. The largest absolute Gasteiger partial charge is 0.461 e. The van der Waals surface area contributed by atoms with Gasteiger partial charge in [-0.1, -0.05) is 20.8 Å². The molecule has 1 amide bonds. The summed E-state index contributed by atoms with van der Waals surface area (Å²) in [5.74, 6) is -1.17. The van der Waals surface area contributed by atoms with E-state index in [0.29, 0.717) is 34.6 Å². The minimum Gasteiger partial charge on any atom is -0.461 e. The monoisotopic (exact) mass is 416 g/mol. The van der Waals surface area contributed by atoms with Gasteiger partial charge in [0.15, 0.2) is 6.54 Å². The third-order valence-electron chi connectivity index (χ3n) is 6.57. The van der Waals surface area contributed by atoms with Gasteiger partial charge in [-0.05, 0) is 37.0 Å². The molecule has 4 rings (SSSR count). The maximum absolute atomic E-state index is 13.9. The first-order chi connectivity index (χ1) is 14.1. The Morgan fingerprint density at radius 3 is 2.80 bits per heavy atom. The molecule has 162 valence electrons. The zero-order valence-electron chi connectivity index (χ0n) is 18.2. The normalized spacial score (nSPS) is 27.2. The third-order valence-corrected chi connectivity index (χ3v) is 6.57. The zero-order chi connectivity index (χ0) is 21.7. The van der Waals surface area contributed by atoms with Crippen LogP contribution in [0.25, 0.3) is 10.9 Å². The van der Waals surface area contributed by atoms with Crippen LogP contribution in [0.15, 0.2) is 18.2 Å². The predicted molar refractivity (Wildman–Crippen MR) is 113 cm³/mol. The molecule has 30 heavy (non-hydrogen) atoms. The first-order valence-electron chi connectivity index (χ1n) is 10.7. The van der Waals surface area contributed by atoms with Gasteiger partial charge in [-0.2, -0.15) is 0 Å².